The van der Waals surface area contributed by atoms with E-state index in [0.717, 1.165) is 16.3 Å². The molecule has 2 aromatic heterocycles. The largest absolute Gasteiger partial charge is 0.354 e. The van der Waals surface area contributed by atoms with E-state index < -0.39 is 0 Å². The van der Waals surface area contributed by atoms with Gasteiger partial charge in [-0.25, -0.2) is 9.97 Å². The van der Waals surface area contributed by atoms with E-state index in [-0.39, 0.29) is 14.7 Å². The predicted octanol–water partition coefficient (Wildman–Crippen LogP) is 2.36. The lowest BCUT2D eigenvalue weighted by Crippen LogP contribution is -2.19. The van der Waals surface area contributed by atoms with Gasteiger partial charge in [-0.05, 0) is 32.4 Å². The first kappa shape index (κ1) is 17.8. The minimum absolute atomic E-state index is 0. The topological polar surface area (TPSA) is 84.0 Å². The molecule has 0 atom stereocenters. The number of amides is 2. The Labute approximate surface area is 137 Å². The Bertz CT molecular complexity index is 677. The summed E-state index contributed by atoms with van der Waals surface area (Å²) in [5, 5.41) is 5.97. The summed E-state index contributed by atoms with van der Waals surface area (Å²) < 4.78 is 0. The standard InChI is InChI=1S/C9H12N2O.C6H8N2OS.2H2/c1-6-4-5-8(9(12)10-3)11-7(6)2;1-4-8-3-5(10-4)6(9)7-2;;/h4-5H,1-3H3,(H,10,12);3H,1-2H3,(H,7,9);2*1H. The van der Waals surface area contributed by atoms with Crippen molar-refractivity contribution in [3.05, 3.63) is 45.2 Å². The molecule has 7 heteroatoms. The van der Waals surface area contributed by atoms with Crippen LogP contribution in [-0.4, -0.2) is 35.9 Å². The number of hydrogen-bond donors (Lipinski definition) is 2. The Balaban J connectivity index is 0. The summed E-state index contributed by atoms with van der Waals surface area (Å²) in [7, 11) is 3.20. The zero-order valence-electron chi connectivity index (χ0n) is 13.4. The third-order valence-corrected chi connectivity index (χ3v) is 3.79. The van der Waals surface area contributed by atoms with Gasteiger partial charge in [0.25, 0.3) is 11.8 Å². The molecule has 22 heavy (non-hydrogen) atoms. The van der Waals surface area contributed by atoms with Crippen molar-refractivity contribution in [3.8, 4) is 0 Å². The number of thiazole rings is 1. The summed E-state index contributed by atoms with van der Waals surface area (Å²) in [6, 6.07) is 3.62. The number of aryl methyl sites for hydroxylation is 3. The molecule has 122 valence electrons. The zero-order chi connectivity index (χ0) is 16.7. The van der Waals surface area contributed by atoms with Crippen LogP contribution in [0.4, 0.5) is 0 Å². The van der Waals surface area contributed by atoms with Crippen LogP contribution in [0.2, 0.25) is 0 Å². The Morgan fingerprint density at radius 3 is 2.18 bits per heavy atom. The highest BCUT2D eigenvalue weighted by Gasteiger charge is 2.05. The van der Waals surface area contributed by atoms with Crippen LogP contribution >= 0.6 is 11.3 Å². The number of aromatic nitrogens is 2. The van der Waals surface area contributed by atoms with Crippen LogP contribution in [0.1, 0.15) is 39.3 Å². The highest BCUT2D eigenvalue weighted by molar-refractivity contribution is 7.13. The van der Waals surface area contributed by atoms with Crippen molar-refractivity contribution in [3.63, 3.8) is 0 Å². The van der Waals surface area contributed by atoms with Crippen molar-refractivity contribution in [1.29, 1.82) is 0 Å². The van der Waals surface area contributed by atoms with Gasteiger partial charge in [0.15, 0.2) is 0 Å². The van der Waals surface area contributed by atoms with E-state index in [4.69, 9.17) is 0 Å². The number of carbonyl (C=O) groups is 2. The maximum absolute atomic E-state index is 11.1. The van der Waals surface area contributed by atoms with Crippen molar-refractivity contribution < 1.29 is 12.4 Å². The van der Waals surface area contributed by atoms with E-state index in [0.29, 0.717) is 10.6 Å². The Morgan fingerprint density at radius 1 is 1.09 bits per heavy atom. The fourth-order valence-corrected chi connectivity index (χ4v) is 2.20. The van der Waals surface area contributed by atoms with E-state index in [2.05, 4.69) is 20.6 Å². The highest BCUT2D eigenvalue weighted by atomic mass is 32.1. The van der Waals surface area contributed by atoms with E-state index in [1.807, 2.05) is 26.8 Å². The van der Waals surface area contributed by atoms with Crippen LogP contribution in [0.5, 0.6) is 0 Å². The van der Waals surface area contributed by atoms with Gasteiger partial charge in [-0.3, -0.25) is 9.59 Å². The summed E-state index contributed by atoms with van der Waals surface area (Å²) in [6.07, 6.45) is 1.58. The lowest BCUT2D eigenvalue weighted by atomic mass is 10.2. The van der Waals surface area contributed by atoms with Crippen LogP contribution in [0.15, 0.2) is 18.3 Å². The van der Waals surface area contributed by atoms with Gasteiger partial charge in [-0.2, -0.15) is 0 Å². The zero-order valence-corrected chi connectivity index (χ0v) is 14.2. The van der Waals surface area contributed by atoms with Crippen molar-refractivity contribution in [2.24, 2.45) is 0 Å². The van der Waals surface area contributed by atoms with E-state index in [1.54, 1.807) is 26.4 Å². The number of carbonyl (C=O) groups excluding carboxylic acids is 2. The highest BCUT2D eigenvalue weighted by Crippen LogP contribution is 2.10. The summed E-state index contributed by atoms with van der Waals surface area (Å²) in [4.78, 5) is 30.7. The van der Waals surface area contributed by atoms with Gasteiger partial charge < -0.3 is 10.6 Å². The van der Waals surface area contributed by atoms with Crippen LogP contribution in [-0.2, 0) is 0 Å². The Kier molecular flexibility index (Phi) is 6.65. The number of nitrogens with one attached hydrogen (secondary N) is 2. The normalized spacial score (nSPS) is 9.50. The molecule has 6 nitrogen and oxygen atoms in total. The van der Waals surface area contributed by atoms with E-state index in [1.165, 1.54) is 11.3 Å². The lowest BCUT2D eigenvalue weighted by Gasteiger charge is -2.01. The molecule has 2 amide bonds. The first-order chi connectivity index (χ1) is 10.4. The lowest BCUT2D eigenvalue weighted by molar-refractivity contribution is 0.0953. The van der Waals surface area contributed by atoms with Crippen molar-refractivity contribution in [1.82, 2.24) is 20.6 Å². The third-order valence-electron chi connectivity index (χ3n) is 2.88. The average Bonchev–Trinajstić information content (AvgIpc) is 2.95. The molecule has 0 spiro atoms. The number of rotatable bonds is 2. The number of hydrogen-bond acceptors (Lipinski definition) is 5. The summed E-state index contributed by atoms with van der Waals surface area (Å²) in [5.41, 5.74) is 2.47. The monoisotopic (exact) mass is 324 g/mol. The quantitative estimate of drug-likeness (QED) is 0.888. The molecule has 0 fully saturated rings. The van der Waals surface area contributed by atoms with Gasteiger partial charge in [-0.15, -0.1) is 11.3 Å². The molecule has 0 aliphatic rings. The summed E-state index contributed by atoms with van der Waals surface area (Å²) in [5.74, 6) is -0.205. The predicted molar refractivity (Wildman–Crippen MR) is 91.6 cm³/mol. The first-order valence-corrected chi connectivity index (χ1v) is 7.51. The van der Waals surface area contributed by atoms with Crippen molar-refractivity contribution in [2.45, 2.75) is 20.8 Å². The third kappa shape index (κ3) is 4.92. The maximum Gasteiger partial charge on any atom is 0.269 e. The minimum Gasteiger partial charge on any atom is -0.354 e. The van der Waals surface area contributed by atoms with Crippen LogP contribution in [0.3, 0.4) is 0 Å². The summed E-state index contributed by atoms with van der Waals surface area (Å²) in [6.45, 7) is 5.73. The molecule has 0 radical (unpaired) electrons. The molecule has 0 aliphatic heterocycles. The van der Waals surface area contributed by atoms with Gasteiger partial charge in [0, 0.05) is 22.6 Å². The van der Waals surface area contributed by atoms with Crippen molar-refractivity contribution >= 4 is 23.2 Å². The molecule has 0 aliphatic carbocycles. The fourth-order valence-electron chi connectivity index (χ4n) is 1.47. The first-order valence-electron chi connectivity index (χ1n) is 6.69. The van der Waals surface area contributed by atoms with Crippen LogP contribution < -0.4 is 10.6 Å². The molecule has 2 N–H and O–H groups in total. The molecular formula is C15H24N4O2S. The molecule has 2 rings (SSSR count). The molecule has 2 aromatic rings. The second kappa shape index (κ2) is 8.23. The second-order valence-corrected chi connectivity index (χ2v) is 5.74. The fraction of sp³-hybridized carbons (Fsp3) is 0.333. The number of pyridine rings is 1. The van der Waals surface area contributed by atoms with Gasteiger partial charge in [-0.1, -0.05) is 6.07 Å². The SMILES string of the molecule is CNC(=O)c1ccc(C)c(C)n1.CNC(=O)c1cnc(C)s1.[HH].[HH]. The van der Waals surface area contributed by atoms with Gasteiger partial charge in [0.1, 0.15) is 10.6 Å². The Hall–Kier alpha value is -2.28. The molecule has 0 bridgehead atoms. The van der Waals surface area contributed by atoms with Gasteiger partial charge in [0.2, 0.25) is 0 Å². The van der Waals surface area contributed by atoms with E-state index in [9.17, 15) is 9.59 Å². The van der Waals surface area contributed by atoms with Crippen LogP contribution in [0, 0.1) is 20.8 Å². The molecule has 0 aromatic carbocycles. The molecule has 0 saturated carbocycles. The summed E-state index contributed by atoms with van der Waals surface area (Å²) >= 11 is 1.40. The van der Waals surface area contributed by atoms with E-state index >= 15 is 0 Å². The van der Waals surface area contributed by atoms with Gasteiger partial charge in [0.05, 0.1) is 11.2 Å². The molecule has 0 saturated heterocycles. The maximum atomic E-state index is 11.1. The van der Waals surface area contributed by atoms with Crippen LogP contribution in [0.25, 0.3) is 0 Å². The minimum atomic E-state index is -0.141. The molecule has 0 unspecified atom stereocenters. The average molecular weight is 324 g/mol. The molecule has 2 heterocycles. The number of nitrogens with zero attached hydrogens (tertiary/aromatic N) is 2. The molecular weight excluding hydrogens is 300 g/mol. The Morgan fingerprint density at radius 2 is 1.73 bits per heavy atom. The second-order valence-electron chi connectivity index (χ2n) is 4.50. The smallest absolute Gasteiger partial charge is 0.269 e. The van der Waals surface area contributed by atoms with Crippen molar-refractivity contribution in [2.75, 3.05) is 14.1 Å². The van der Waals surface area contributed by atoms with Gasteiger partial charge >= 0.3 is 0 Å².